The van der Waals surface area contributed by atoms with E-state index in [1.165, 1.54) is 5.56 Å². The lowest BCUT2D eigenvalue weighted by Gasteiger charge is -2.09. The summed E-state index contributed by atoms with van der Waals surface area (Å²) in [6.45, 7) is 4.97. The second-order valence-electron chi connectivity index (χ2n) is 4.90. The first-order chi connectivity index (χ1) is 9.70. The number of aryl methyl sites for hydroxylation is 1. The fourth-order valence-corrected chi connectivity index (χ4v) is 2.19. The molecule has 0 N–H and O–H groups in total. The molecule has 0 unspecified atom stereocenters. The van der Waals surface area contributed by atoms with Gasteiger partial charge in [-0.25, -0.2) is 0 Å². The van der Waals surface area contributed by atoms with Crippen LogP contribution in [0.4, 0.5) is 0 Å². The lowest BCUT2D eigenvalue weighted by Crippen LogP contribution is -2.02. The first kappa shape index (κ1) is 14.6. The van der Waals surface area contributed by atoms with Crippen molar-refractivity contribution in [3.05, 3.63) is 71.8 Å². The minimum absolute atomic E-state index is 0.764. The van der Waals surface area contributed by atoms with Gasteiger partial charge >= 0.3 is 0 Å². The summed E-state index contributed by atoms with van der Waals surface area (Å²) >= 11 is 0. The second-order valence-corrected chi connectivity index (χ2v) is 4.90. The van der Waals surface area contributed by atoms with Crippen LogP contribution < -0.4 is 5.46 Å². The first-order valence-electron chi connectivity index (χ1n) is 6.84. The zero-order valence-electron chi connectivity index (χ0n) is 11.9. The molecular formula is C18H19BO. The molecule has 0 bridgehead atoms. The van der Waals surface area contributed by atoms with Gasteiger partial charge in [-0.2, -0.15) is 0 Å². The minimum atomic E-state index is 0.764. The van der Waals surface area contributed by atoms with Gasteiger partial charge in [-0.05, 0) is 35.1 Å². The Labute approximate surface area is 122 Å². The summed E-state index contributed by atoms with van der Waals surface area (Å²) in [7, 11) is 7.55. The molecule has 100 valence electrons. The molecule has 0 aliphatic heterocycles. The molecule has 0 saturated carbocycles. The molecule has 2 rings (SSSR count). The Morgan fingerprint density at radius 2 is 1.85 bits per heavy atom. The van der Waals surface area contributed by atoms with Gasteiger partial charge in [0.25, 0.3) is 0 Å². The Morgan fingerprint density at radius 3 is 2.50 bits per heavy atom. The van der Waals surface area contributed by atoms with Crippen molar-refractivity contribution in [1.82, 2.24) is 0 Å². The maximum absolute atomic E-state index is 5.81. The monoisotopic (exact) mass is 262 g/mol. The Balaban J connectivity index is 2.07. The third-order valence-corrected chi connectivity index (χ3v) is 3.35. The van der Waals surface area contributed by atoms with E-state index in [9.17, 15) is 0 Å². The fraction of sp³-hybridized carbons (Fsp3) is 0.222. The molecular weight excluding hydrogens is 243 g/mol. The van der Waals surface area contributed by atoms with Crippen LogP contribution in [0.1, 0.15) is 23.1 Å². The highest BCUT2D eigenvalue weighted by molar-refractivity contribution is 6.32. The number of methoxy groups -OCH3 is 1. The standard InChI is InChI=1S/C18H19BO/c1-14(17-6-3-7-18(19)13-17)16-10-8-15(9-11-16)5-4-12-20-2/h3,6-11,13H,1,4-5,12H2,2H3. The van der Waals surface area contributed by atoms with E-state index < -0.39 is 0 Å². The normalized spacial score (nSPS) is 10.4. The van der Waals surface area contributed by atoms with Crippen molar-refractivity contribution in [2.75, 3.05) is 13.7 Å². The van der Waals surface area contributed by atoms with E-state index in [4.69, 9.17) is 12.6 Å². The molecule has 0 aliphatic rings. The van der Waals surface area contributed by atoms with Crippen molar-refractivity contribution in [1.29, 1.82) is 0 Å². The Bertz CT molecular complexity index is 572. The molecule has 1 nitrogen and oxygen atoms in total. The molecule has 2 radical (unpaired) electrons. The number of rotatable bonds is 6. The maximum Gasteiger partial charge on any atom is 0.113 e. The van der Waals surface area contributed by atoms with E-state index in [1.54, 1.807) is 7.11 Å². The van der Waals surface area contributed by atoms with Crippen LogP contribution in [0.3, 0.4) is 0 Å². The molecule has 2 aromatic carbocycles. The molecule has 20 heavy (non-hydrogen) atoms. The maximum atomic E-state index is 5.81. The van der Waals surface area contributed by atoms with Crippen molar-refractivity contribution in [2.24, 2.45) is 0 Å². The predicted molar refractivity (Wildman–Crippen MR) is 86.6 cm³/mol. The van der Waals surface area contributed by atoms with E-state index >= 15 is 0 Å². The Hall–Kier alpha value is -1.80. The smallest absolute Gasteiger partial charge is 0.113 e. The Morgan fingerprint density at radius 1 is 1.10 bits per heavy atom. The van der Waals surface area contributed by atoms with E-state index in [-0.39, 0.29) is 0 Å². The average molecular weight is 262 g/mol. The molecule has 0 atom stereocenters. The molecule has 2 aromatic rings. The SMILES string of the molecule is [B]c1cccc(C(=C)c2ccc(CCCOC)cc2)c1. The summed E-state index contributed by atoms with van der Waals surface area (Å²) in [5.41, 5.74) is 5.29. The van der Waals surface area contributed by atoms with E-state index in [2.05, 4.69) is 30.8 Å². The largest absolute Gasteiger partial charge is 0.385 e. The van der Waals surface area contributed by atoms with Gasteiger partial charge in [0, 0.05) is 13.7 Å². The van der Waals surface area contributed by atoms with Crippen LogP contribution in [0.25, 0.3) is 5.57 Å². The molecule has 0 saturated heterocycles. The zero-order chi connectivity index (χ0) is 14.4. The zero-order valence-corrected chi connectivity index (χ0v) is 11.9. The Kier molecular flexibility index (Phi) is 5.20. The average Bonchev–Trinajstić information content (AvgIpc) is 2.47. The lowest BCUT2D eigenvalue weighted by molar-refractivity contribution is 0.195. The molecule has 0 amide bonds. The number of hydrogen-bond donors (Lipinski definition) is 0. The molecule has 0 aliphatic carbocycles. The van der Waals surface area contributed by atoms with Gasteiger partial charge < -0.3 is 4.74 Å². The van der Waals surface area contributed by atoms with Gasteiger partial charge in [0.1, 0.15) is 7.85 Å². The van der Waals surface area contributed by atoms with Crippen molar-refractivity contribution in [2.45, 2.75) is 12.8 Å². The summed E-state index contributed by atoms with van der Waals surface area (Å²) in [6, 6.07) is 16.4. The van der Waals surface area contributed by atoms with Crippen LogP contribution >= 0.6 is 0 Å². The minimum Gasteiger partial charge on any atom is -0.385 e. The van der Waals surface area contributed by atoms with Crippen molar-refractivity contribution in [3.63, 3.8) is 0 Å². The quantitative estimate of drug-likeness (QED) is 0.574. The first-order valence-corrected chi connectivity index (χ1v) is 6.84. The summed E-state index contributed by atoms with van der Waals surface area (Å²) in [4.78, 5) is 0. The van der Waals surface area contributed by atoms with E-state index in [0.717, 1.165) is 41.6 Å². The van der Waals surface area contributed by atoms with Crippen molar-refractivity contribution in [3.8, 4) is 0 Å². The summed E-state index contributed by atoms with van der Waals surface area (Å²) < 4.78 is 5.07. The summed E-state index contributed by atoms with van der Waals surface area (Å²) in [5, 5.41) is 0. The van der Waals surface area contributed by atoms with Crippen LogP contribution in [0.5, 0.6) is 0 Å². The van der Waals surface area contributed by atoms with Gasteiger partial charge in [-0.1, -0.05) is 60.6 Å². The molecule has 0 fully saturated rings. The predicted octanol–water partition coefficient (Wildman–Crippen LogP) is 3.12. The van der Waals surface area contributed by atoms with Crippen LogP contribution in [0, 0.1) is 0 Å². The van der Waals surface area contributed by atoms with Gasteiger partial charge in [-0.15, -0.1) is 0 Å². The van der Waals surface area contributed by atoms with E-state index in [1.807, 2.05) is 24.3 Å². The number of hydrogen-bond acceptors (Lipinski definition) is 1. The molecule has 0 heterocycles. The third kappa shape index (κ3) is 3.85. The molecule has 0 spiro atoms. The van der Waals surface area contributed by atoms with Crippen molar-refractivity contribution < 1.29 is 4.74 Å². The second kappa shape index (κ2) is 7.11. The van der Waals surface area contributed by atoms with Crippen LogP contribution in [-0.4, -0.2) is 21.6 Å². The lowest BCUT2D eigenvalue weighted by atomic mass is 9.90. The number of ether oxygens (including phenoxy) is 1. The van der Waals surface area contributed by atoms with Crippen molar-refractivity contribution >= 4 is 18.9 Å². The van der Waals surface area contributed by atoms with Gasteiger partial charge in [-0.3, -0.25) is 0 Å². The topological polar surface area (TPSA) is 9.23 Å². The summed E-state index contributed by atoms with van der Waals surface area (Å²) in [5.74, 6) is 0. The van der Waals surface area contributed by atoms with Gasteiger partial charge in [0.2, 0.25) is 0 Å². The highest BCUT2D eigenvalue weighted by atomic mass is 16.5. The van der Waals surface area contributed by atoms with Gasteiger partial charge in [0.15, 0.2) is 0 Å². The van der Waals surface area contributed by atoms with Crippen LogP contribution in [0.2, 0.25) is 0 Å². The van der Waals surface area contributed by atoms with Crippen LogP contribution in [0.15, 0.2) is 55.1 Å². The molecule has 2 heteroatoms. The number of benzene rings is 2. The fourth-order valence-electron chi connectivity index (χ4n) is 2.19. The summed E-state index contributed by atoms with van der Waals surface area (Å²) in [6.07, 6.45) is 2.09. The highest BCUT2D eigenvalue weighted by Crippen LogP contribution is 2.21. The highest BCUT2D eigenvalue weighted by Gasteiger charge is 2.02. The van der Waals surface area contributed by atoms with Gasteiger partial charge in [0.05, 0.1) is 0 Å². The van der Waals surface area contributed by atoms with Crippen LogP contribution in [-0.2, 0) is 11.2 Å². The third-order valence-electron chi connectivity index (χ3n) is 3.35. The molecule has 0 aromatic heterocycles. The van der Waals surface area contributed by atoms with E-state index in [0.29, 0.717) is 0 Å².